The number of carbonyl (C=O) groups excluding carboxylic acids is 3. The highest BCUT2D eigenvalue weighted by Gasteiger charge is 2.27. The van der Waals surface area contributed by atoms with Crippen LogP contribution in [0.25, 0.3) is 0 Å². The zero-order valence-corrected chi connectivity index (χ0v) is 22.9. The van der Waals surface area contributed by atoms with Crippen LogP contribution in [0.15, 0.2) is 76.1 Å². The van der Waals surface area contributed by atoms with E-state index in [0.717, 1.165) is 4.31 Å². The Morgan fingerprint density at radius 2 is 1.43 bits per heavy atom. The van der Waals surface area contributed by atoms with E-state index in [1.54, 1.807) is 36.4 Å². The second-order valence-electron chi connectivity index (χ2n) is 7.68. The number of amides is 1. The van der Waals surface area contributed by atoms with Gasteiger partial charge >= 0.3 is 11.9 Å². The molecule has 0 fully saturated rings. The Morgan fingerprint density at radius 1 is 0.892 bits per heavy atom. The number of nitrogens with zero attached hydrogens (tertiary/aromatic N) is 1. The van der Waals surface area contributed by atoms with Crippen molar-refractivity contribution in [3.8, 4) is 0 Å². The van der Waals surface area contributed by atoms with Crippen LogP contribution in [0.5, 0.6) is 0 Å². The average molecular weight is 610 g/mol. The predicted molar refractivity (Wildman–Crippen MR) is 141 cm³/mol. The fourth-order valence-corrected chi connectivity index (χ4v) is 5.08. The van der Waals surface area contributed by atoms with E-state index in [4.69, 9.17) is 21.1 Å². The lowest BCUT2D eigenvalue weighted by molar-refractivity contribution is -0.116. The maximum atomic E-state index is 13.4. The number of rotatable bonds is 9. The van der Waals surface area contributed by atoms with Gasteiger partial charge in [-0.3, -0.25) is 4.79 Å². The van der Waals surface area contributed by atoms with E-state index >= 15 is 0 Å². The molecule has 0 saturated heterocycles. The monoisotopic (exact) mass is 608 g/mol. The van der Waals surface area contributed by atoms with Gasteiger partial charge in [0.2, 0.25) is 15.9 Å². The quantitative estimate of drug-likeness (QED) is 0.355. The Hall–Kier alpha value is -3.25. The molecule has 0 aliphatic heterocycles. The van der Waals surface area contributed by atoms with E-state index in [-0.39, 0.29) is 28.3 Å². The zero-order valence-electron chi connectivity index (χ0n) is 19.7. The summed E-state index contributed by atoms with van der Waals surface area (Å²) in [6, 6.07) is 16.5. The molecule has 37 heavy (non-hydrogen) atoms. The number of nitrogens with one attached hydrogen (secondary N) is 1. The number of carbonyl (C=O) groups is 3. The molecule has 1 N–H and O–H groups in total. The van der Waals surface area contributed by atoms with Crippen molar-refractivity contribution in [2.24, 2.45) is 0 Å². The lowest BCUT2D eigenvalue weighted by Crippen LogP contribution is -2.37. The van der Waals surface area contributed by atoms with E-state index in [1.165, 1.54) is 44.6 Å². The molecule has 3 aromatic carbocycles. The Kier molecular flexibility index (Phi) is 9.44. The summed E-state index contributed by atoms with van der Waals surface area (Å²) in [5, 5.41) is 3.03. The van der Waals surface area contributed by atoms with E-state index < -0.39 is 34.4 Å². The minimum absolute atomic E-state index is 0.00112. The number of halogens is 2. The molecule has 0 saturated carbocycles. The molecule has 0 unspecified atom stereocenters. The van der Waals surface area contributed by atoms with Gasteiger partial charge in [-0.2, -0.15) is 4.31 Å². The number of methoxy groups -OCH3 is 2. The van der Waals surface area contributed by atoms with Gasteiger partial charge in [-0.1, -0.05) is 39.7 Å². The summed E-state index contributed by atoms with van der Waals surface area (Å²) in [7, 11) is -1.75. The minimum Gasteiger partial charge on any atom is -0.465 e. The van der Waals surface area contributed by atoms with Gasteiger partial charge in [-0.05, 0) is 60.2 Å². The first kappa shape index (κ1) is 28.3. The first-order chi connectivity index (χ1) is 17.5. The number of hydrogen-bond donors (Lipinski definition) is 1. The minimum atomic E-state index is -4.09. The second kappa shape index (κ2) is 12.3. The second-order valence-corrected chi connectivity index (χ2v) is 11.0. The van der Waals surface area contributed by atoms with Crippen LogP contribution in [-0.4, -0.2) is 51.3 Å². The molecule has 0 heterocycles. The highest BCUT2D eigenvalue weighted by atomic mass is 79.9. The van der Waals surface area contributed by atoms with E-state index in [0.29, 0.717) is 15.1 Å². The van der Waals surface area contributed by atoms with Gasteiger partial charge < -0.3 is 14.8 Å². The molecule has 0 radical (unpaired) electrons. The third-order valence-corrected chi connectivity index (χ3v) is 7.69. The van der Waals surface area contributed by atoms with Crippen LogP contribution < -0.4 is 5.32 Å². The van der Waals surface area contributed by atoms with Crippen molar-refractivity contribution < 1.29 is 32.3 Å². The van der Waals surface area contributed by atoms with Gasteiger partial charge in [-0.15, -0.1) is 0 Å². The molecule has 1 amide bonds. The predicted octanol–water partition coefficient (Wildman–Crippen LogP) is 4.51. The largest absolute Gasteiger partial charge is 0.465 e. The Morgan fingerprint density at radius 3 is 1.95 bits per heavy atom. The lowest BCUT2D eigenvalue weighted by Gasteiger charge is -2.22. The first-order valence-corrected chi connectivity index (χ1v) is 13.3. The highest BCUT2D eigenvalue weighted by Crippen LogP contribution is 2.22. The van der Waals surface area contributed by atoms with Crippen molar-refractivity contribution in [2.75, 3.05) is 26.1 Å². The van der Waals surface area contributed by atoms with E-state index in [1.807, 2.05) is 0 Å². The van der Waals surface area contributed by atoms with Crippen molar-refractivity contribution in [1.29, 1.82) is 0 Å². The summed E-state index contributed by atoms with van der Waals surface area (Å²) < 4.78 is 38.0. The van der Waals surface area contributed by atoms with Gasteiger partial charge in [-0.25, -0.2) is 18.0 Å². The number of sulfonamides is 1. The average Bonchev–Trinajstić information content (AvgIpc) is 2.88. The number of anilines is 1. The summed E-state index contributed by atoms with van der Waals surface area (Å²) in [5.41, 5.74) is 0.696. The molecule has 0 aliphatic carbocycles. The summed E-state index contributed by atoms with van der Waals surface area (Å²) in [5.74, 6) is -2.17. The fourth-order valence-electron chi connectivity index (χ4n) is 3.31. The lowest BCUT2D eigenvalue weighted by atomic mass is 10.1. The normalized spacial score (nSPS) is 11.2. The van der Waals surface area contributed by atoms with E-state index in [9.17, 15) is 22.8 Å². The molecule has 12 heteroatoms. The van der Waals surface area contributed by atoms with Crippen LogP contribution >= 0.6 is 27.5 Å². The van der Waals surface area contributed by atoms with Gasteiger partial charge in [0.25, 0.3) is 0 Å². The molecule has 0 atom stereocenters. The van der Waals surface area contributed by atoms with Crippen LogP contribution in [0.1, 0.15) is 26.3 Å². The van der Waals surface area contributed by atoms with Crippen molar-refractivity contribution in [1.82, 2.24) is 4.31 Å². The third kappa shape index (κ3) is 7.39. The Labute approximate surface area is 227 Å². The van der Waals surface area contributed by atoms with E-state index in [2.05, 4.69) is 21.2 Å². The van der Waals surface area contributed by atoms with Crippen molar-refractivity contribution in [3.63, 3.8) is 0 Å². The zero-order chi connectivity index (χ0) is 27.2. The number of benzene rings is 3. The van der Waals surface area contributed by atoms with Crippen LogP contribution in [-0.2, 0) is 30.8 Å². The summed E-state index contributed by atoms with van der Waals surface area (Å²) >= 11 is 9.23. The molecule has 9 nitrogen and oxygen atoms in total. The number of ether oxygens (including phenoxy) is 2. The van der Waals surface area contributed by atoms with Crippen molar-refractivity contribution >= 4 is 61.1 Å². The topological polar surface area (TPSA) is 119 Å². The fraction of sp³-hybridized carbons (Fsp3) is 0.160. The first-order valence-electron chi connectivity index (χ1n) is 10.6. The molecule has 0 spiro atoms. The molecule has 0 bridgehead atoms. The summed E-state index contributed by atoms with van der Waals surface area (Å²) in [6.07, 6.45) is 0. The third-order valence-electron chi connectivity index (χ3n) is 5.10. The smallest absolute Gasteiger partial charge is 0.337 e. The molecule has 3 aromatic rings. The number of esters is 2. The Bertz CT molecular complexity index is 1380. The van der Waals surface area contributed by atoms with Crippen LogP contribution in [0.2, 0.25) is 5.02 Å². The molecule has 0 aliphatic rings. The SMILES string of the molecule is COC(=O)c1cc(NC(=O)CN(Cc2ccc(Cl)cc2)S(=O)(=O)c2ccc(Br)cc2)cc(C(=O)OC)c1. The molecular formula is C25H22BrClN2O7S. The molecule has 194 valence electrons. The van der Waals surface area contributed by atoms with Gasteiger partial charge in [0.15, 0.2) is 0 Å². The van der Waals surface area contributed by atoms with Crippen LogP contribution in [0, 0.1) is 0 Å². The number of hydrogen-bond acceptors (Lipinski definition) is 7. The van der Waals surface area contributed by atoms with Crippen molar-refractivity contribution in [2.45, 2.75) is 11.4 Å². The standard InChI is InChI=1S/C25H22BrClN2O7S/c1-35-24(31)17-11-18(25(32)36-2)13-21(12-17)28-23(30)15-29(14-16-3-7-20(27)8-4-16)37(33,34)22-9-5-19(26)6-10-22/h3-13H,14-15H2,1-2H3,(H,28,30). The Balaban J connectivity index is 1.92. The maximum Gasteiger partial charge on any atom is 0.337 e. The maximum absolute atomic E-state index is 13.4. The van der Waals surface area contributed by atoms with Crippen molar-refractivity contribution in [3.05, 3.63) is 92.9 Å². The highest BCUT2D eigenvalue weighted by molar-refractivity contribution is 9.10. The molecule has 0 aromatic heterocycles. The molecule has 3 rings (SSSR count). The van der Waals surface area contributed by atoms with Gasteiger partial charge in [0.1, 0.15) is 0 Å². The van der Waals surface area contributed by atoms with Crippen LogP contribution in [0.4, 0.5) is 5.69 Å². The summed E-state index contributed by atoms with van der Waals surface area (Å²) in [6.45, 7) is -0.671. The summed E-state index contributed by atoms with van der Waals surface area (Å²) in [4.78, 5) is 37.1. The van der Waals surface area contributed by atoms with Gasteiger partial charge in [0.05, 0.1) is 36.8 Å². The van der Waals surface area contributed by atoms with Gasteiger partial charge in [0, 0.05) is 21.7 Å². The molecular weight excluding hydrogens is 588 g/mol. The van der Waals surface area contributed by atoms with Crippen LogP contribution in [0.3, 0.4) is 0 Å².